The number of rotatable bonds is 3. The molecule has 1 amide bonds. The molecule has 0 spiro atoms. The van der Waals surface area contributed by atoms with Gasteiger partial charge in [-0.05, 0) is 31.9 Å². The smallest absolute Gasteiger partial charge is 0.272 e. The van der Waals surface area contributed by atoms with Crippen LogP contribution in [0.4, 0.5) is 0 Å². The first-order chi connectivity index (χ1) is 13.1. The molecule has 2 aromatic rings. The van der Waals surface area contributed by atoms with Gasteiger partial charge in [0.25, 0.3) is 5.56 Å². The van der Waals surface area contributed by atoms with E-state index in [-0.39, 0.29) is 18.0 Å². The summed E-state index contributed by atoms with van der Waals surface area (Å²) in [6.45, 7) is 5.20. The lowest BCUT2D eigenvalue weighted by atomic mass is 9.94. The van der Waals surface area contributed by atoms with Crippen LogP contribution in [0.3, 0.4) is 0 Å². The molecule has 0 bridgehead atoms. The minimum Gasteiger partial charge on any atom is -0.339 e. The van der Waals surface area contributed by atoms with Crippen molar-refractivity contribution in [2.75, 3.05) is 26.2 Å². The molecule has 6 nitrogen and oxygen atoms in total. The summed E-state index contributed by atoms with van der Waals surface area (Å²) < 4.78 is 1.58. The molecule has 0 unspecified atom stereocenters. The van der Waals surface area contributed by atoms with Crippen molar-refractivity contribution >= 4 is 16.9 Å². The maximum atomic E-state index is 12.9. The van der Waals surface area contributed by atoms with E-state index in [9.17, 15) is 9.59 Å². The summed E-state index contributed by atoms with van der Waals surface area (Å²) in [6.07, 6.45) is 6.63. The highest BCUT2D eigenvalue weighted by Crippen LogP contribution is 2.23. The monoisotopic (exact) mass is 368 g/mol. The number of hydrogen-bond acceptors (Lipinski definition) is 4. The zero-order chi connectivity index (χ0) is 18.8. The lowest BCUT2D eigenvalue weighted by molar-refractivity contribution is -0.134. The Bertz CT molecular complexity index is 877. The minimum absolute atomic E-state index is 0.0242. The van der Waals surface area contributed by atoms with Gasteiger partial charge in [0.2, 0.25) is 5.91 Å². The van der Waals surface area contributed by atoms with Gasteiger partial charge >= 0.3 is 0 Å². The van der Waals surface area contributed by atoms with Gasteiger partial charge < -0.3 is 4.90 Å². The average Bonchev–Trinajstić information content (AvgIpc) is 2.72. The van der Waals surface area contributed by atoms with E-state index in [1.165, 1.54) is 32.1 Å². The molecule has 144 valence electrons. The van der Waals surface area contributed by atoms with Crippen molar-refractivity contribution in [2.45, 2.75) is 51.6 Å². The summed E-state index contributed by atoms with van der Waals surface area (Å²) in [5.41, 5.74) is 1.73. The molecule has 27 heavy (non-hydrogen) atoms. The molecule has 0 N–H and O–H groups in total. The molecule has 2 heterocycles. The van der Waals surface area contributed by atoms with Gasteiger partial charge in [-0.15, -0.1) is 0 Å². The van der Waals surface area contributed by atoms with Crippen LogP contribution >= 0.6 is 0 Å². The Morgan fingerprint density at radius 3 is 2.52 bits per heavy atom. The van der Waals surface area contributed by atoms with Crippen molar-refractivity contribution in [3.8, 4) is 0 Å². The second-order valence-electron chi connectivity index (χ2n) is 7.79. The topological polar surface area (TPSA) is 58.4 Å². The van der Waals surface area contributed by atoms with Gasteiger partial charge in [0.15, 0.2) is 0 Å². The van der Waals surface area contributed by atoms with Crippen molar-refractivity contribution in [1.29, 1.82) is 0 Å². The van der Waals surface area contributed by atoms with Crippen LogP contribution < -0.4 is 5.56 Å². The van der Waals surface area contributed by atoms with E-state index in [0.717, 1.165) is 37.2 Å². The molecule has 1 aliphatic carbocycles. The van der Waals surface area contributed by atoms with Crippen LogP contribution in [0.1, 0.15) is 37.8 Å². The fourth-order valence-corrected chi connectivity index (χ4v) is 4.50. The third-order valence-corrected chi connectivity index (χ3v) is 6.07. The molecule has 0 radical (unpaired) electrons. The Kier molecular flexibility index (Phi) is 5.25. The number of carbonyl (C=O) groups excluding carboxylic acids is 1. The molecule has 4 rings (SSSR count). The number of hydrogen-bond donors (Lipinski definition) is 0. The van der Waals surface area contributed by atoms with E-state index in [1.54, 1.807) is 11.5 Å². The fraction of sp³-hybridized carbons (Fsp3) is 0.571. The molecule has 1 saturated heterocycles. The highest BCUT2D eigenvalue weighted by Gasteiger charge is 2.27. The lowest BCUT2D eigenvalue weighted by Gasteiger charge is -2.40. The highest BCUT2D eigenvalue weighted by atomic mass is 16.2. The first-order valence-electron chi connectivity index (χ1n) is 10.1. The van der Waals surface area contributed by atoms with Crippen molar-refractivity contribution in [2.24, 2.45) is 0 Å². The maximum Gasteiger partial charge on any atom is 0.272 e. The summed E-state index contributed by atoms with van der Waals surface area (Å²) in [5, 5.41) is 0. The van der Waals surface area contributed by atoms with Gasteiger partial charge in [-0.1, -0.05) is 31.4 Å². The molecule has 1 aliphatic heterocycles. The number of amides is 1. The van der Waals surface area contributed by atoms with Crippen LogP contribution in [0.25, 0.3) is 11.0 Å². The second kappa shape index (κ2) is 7.80. The summed E-state index contributed by atoms with van der Waals surface area (Å²) in [6, 6.07) is 8.22. The average molecular weight is 368 g/mol. The molecule has 1 saturated carbocycles. The van der Waals surface area contributed by atoms with Crippen LogP contribution in [0.2, 0.25) is 0 Å². The summed E-state index contributed by atoms with van der Waals surface area (Å²) in [7, 11) is 0. The molecule has 2 fully saturated rings. The highest BCUT2D eigenvalue weighted by molar-refractivity contribution is 5.80. The van der Waals surface area contributed by atoms with Gasteiger partial charge in [0, 0.05) is 32.2 Å². The number of fused-ring (bicyclic) bond motifs is 1. The van der Waals surface area contributed by atoms with Crippen LogP contribution in [0.5, 0.6) is 0 Å². The lowest BCUT2D eigenvalue weighted by Crippen LogP contribution is -2.53. The van der Waals surface area contributed by atoms with Crippen molar-refractivity contribution in [1.82, 2.24) is 19.4 Å². The Morgan fingerprint density at radius 2 is 1.78 bits per heavy atom. The maximum absolute atomic E-state index is 12.9. The van der Waals surface area contributed by atoms with E-state index >= 15 is 0 Å². The standard InChI is InChI=1S/C21H28N4O2/c1-16-21(27)25(19-10-6-5-9-18(19)22-16)15-20(26)24-13-11-23(12-14-24)17-7-3-2-4-8-17/h5-6,9-10,17H,2-4,7-8,11-15H2,1H3. The van der Waals surface area contributed by atoms with Crippen LogP contribution in [-0.2, 0) is 11.3 Å². The number of benzene rings is 1. The van der Waals surface area contributed by atoms with E-state index in [2.05, 4.69) is 9.88 Å². The van der Waals surface area contributed by atoms with E-state index in [4.69, 9.17) is 0 Å². The second-order valence-corrected chi connectivity index (χ2v) is 7.79. The number of carbonyl (C=O) groups is 1. The van der Waals surface area contributed by atoms with E-state index < -0.39 is 0 Å². The zero-order valence-electron chi connectivity index (χ0n) is 16.1. The number of aryl methyl sites for hydroxylation is 1. The minimum atomic E-state index is -0.178. The SMILES string of the molecule is Cc1nc2ccccc2n(CC(=O)N2CCN(C3CCCCC3)CC2)c1=O. The Morgan fingerprint density at radius 1 is 1.07 bits per heavy atom. The predicted octanol–water partition coefficient (Wildman–Crippen LogP) is 2.18. The van der Waals surface area contributed by atoms with Gasteiger partial charge in [-0.2, -0.15) is 0 Å². The van der Waals surface area contributed by atoms with Crippen LogP contribution in [0, 0.1) is 6.92 Å². The van der Waals surface area contributed by atoms with Gasteiger partial charge in [0.05, 0.1) is 11.0 Å². The van der Waals surface area contributed by atoms with Crippen LogP contribution in [0.15, 0.2) is 29.1 Å². The number of para-hydroxylation sites is 2. The zero-order valence-corrected chi connectivity index (χ0v) is 16.1. The van der Waals surface area contributed by atoms with Crippen LogP contribution in [-0.4, -0.2) is 57.5 Å². The molecule has 6 heteroatoms. The van der Waals surface area contributed by atoms with Gasteiger partial charge in [-0.25, -0.2) is 4.98 Å². The molecular weight excluding hydrogens is 340 g/mol. The van der Waals surface area contributed by atoms with E-state index in [0.29, 0.717) is 11.7 Å². The summed E-state index contributed by atoms with van der Waals surface area (Å²) >= 11 is 0. The normalized spacial score (nSPS) is 19.5. The predicted molar refractivity (Wildman–Crippen MR) is 106 cm³/mol. The number of aromatic nitrogens is 2. The van der Waals surface area contributed by atoms with E-state index in [1.807, 2.05) is 29.2 Å². The Labute approximate surface area is 159 Å². The largest absolute Gasteiger partial charge is 0.339 e. The first kappa shape index (κ1) is 18.2. The third-order valence-electron chi connectivity index (χ3n) is 6.07. The number of piperazine rings is 1. The fourth-order valence-electron chi connectivity index (χ4n) is 4.50. The van der Waals surface area contributed by atoms with Crippen molar-refractivity contribution in [3.63, 3.8) is 0 Å². The molecular formula is C21H28N4O2. The quantitative estimate of drug-likeness (QED) is 0.833. The molecule has 2 aliphatic rings. The summed E-state index contributed by atoms with van der Waals surface area (Å²) in [4.78, 5) is 34.3. The summed E-state index contributed by atoms with van der Waals surface area (Å²) in [5.74, 6) is 0.0242. The third kappa shape index (κ3) is 3.76. The van der Waals surface area contributed by atoms with Crippen molar-refractivity contribution < 1.29 is 4.79 Å². The van der Waals surface area contributed by atoms with Gasteiger partial charge in [0.1, 0.15) is 12.2 Å². The van der Waals surface area contributed by atoms with Gasteiger partial charge in [-0.3, -0.25) is 19.1 Å². The molecule has 1 aromatic heterocycles. The van der Waals surface area contributed by atoms with Crippen molar-refractivity contribution in [3.05, 3.63) is 40.3 Å². The molecule has 1 aromatic carbocycles. The molecule has 0 atom stereocenters. The number of nitrogens with zero attached hydrogens (tertiary/aromatic N) is 4. The Hall–Kier alpha value is -2.21. The first-order valence-corrected chi connectivity index (χ1v) is 10.1. The Balaban J connectivity index is 1.45.